The fraction of sp³-hybridized carbons (Fsp3) is 0.0938. The van der Waals surface area contributed by atoms with Crippen LogP contribution >= 0.6 is 11.6 Å². The number of rotatable bonds is 4. The standard InChI is InChI=1S/C64H45Cl/c1-63(2)55-24-14-13-15-43(55)44-32-27-39(35-56(44)63)40-28-33-45-46-34-29-41(37-58(46)64(3,4)57(45)36-40)60-49-18-7-11-22-53(49)62(54-23-12-8-19-50(54)60)61-51-20-9-5-16-47(51)59(38-25-30-42(65)31-26-38)48-17-6-10-21-52(48)61/h5-37H,1-4H3. The third-order valence-electron chi connectivity index (χ3n) is 15.1. The number of halogens is 1. The molecule has 0 aromatic heterocycles. The molecule has 11 aromatic carbocycles. The Labute approximate surface area is 385 Å². The predicted octanol–water partition coefficient (Wildman–Crippen LogP) is 18.2. The van der Waals surface area contributed by atoms with Crippen LogP contribution in [0.25, 0.3) is 110 Å². The van der Waals surface area contributed by atoms with Gasteiger partial charge in [0.2, 0.25) is 0 Å². The summed E-state index contributed by atoms with van der Waals surface area (Å²) in [5.74, 6) is 0. The van der Waals surface area contributed by atoms with E-state index in [1.165, 1.54) is 127 Å². The fourth-order valence-corrected chi connectivity index (χ4v) is 12.1. The first kappa shape index (κ1) is 38.2. The van der Waals surface area contributed by atoms with Crippen molar-refractivity contribution in [3.63, 3.8) is 0 Å². The smallest absolute Gasteiger partial charge is 0.0406 e. The second kappa shape index (κ2) is 13.9. The molecule has 0 spiro atoms. The van der Waals surface area contributed by atoms with E-state index in [-0.39, 0.29) is 10.8 Å². The van der Waals surface area contributed by atoms with Gasteiger partial charge in [-0.2, -0.15) is 0 Å². The van der Waals surface area contributed by atoms with E-state index in [2.05, 4.69) is 216 Å². The second-order valence-electron chi connectivity index (χ2n) is 19.3. The number of hydrogen-bond donors (Lipinski definition) is 0. The Morgan fingerprint density at radius 2 is 0.554 bits per heavy atom. The largest absolute Gasteiger partial charge is 0.0843 e. The van der Waals surface area contributed by atoms with E-state index >= 15 is 0 Å². The minimum atomic E-state index is -0.196. The summed E-state index contributed by atoms with van der Waals surface area (Å²) >= 11 is 6.43. The molecule has 0 saturated carbocycles. The maximum Gasteiger partial charge on any atom is 0.0406 e. The molecule has 0 bridgehead atoms. The molecule has 13 rings (SSSR count). The minimum absolute atomic E-state index is 0.0404. The molecule has 0 aliphatic heterocycles. The van der Waals surface area contributed by atoms with Crippen LogP contribution in [0.5, 0.6) is 0 Å². The van der Waals surface area contributed by atoms with Gasteiger partial charge in [0.25, 0.3) is 0 Å². The summed E-state index contributed by atoms with van der Waals surface area (Å²) in [7, 11) is 0. The van der Waals surface area contributed by atoms with Gasteiger partial charge >= 0.3 is 0 Å². The summed E-state index contributed by atoms with van der Waals surface area (Å²) in [6, 6.07) is 74.8. The van der Waals surface area contributed by atoms with Gasteiger partial charge in [-0.3, -0.25) is 0 Å². The summed E-state index contributed by atoms with van der Waals surface area (Å²) < 4.78 is 0. The summed E-state index contributed by atoms with van der Waals surface area (Å²) in [6.07, 6.45) is 0. The molecule has 0 nitrogen and oxygen atoms in total. The average molecular weight is 850 g/mol. The number of benzene rings is 11. The Morgan fingerprint density at radius 3 is 0.985 bits per heavy atom. The van der Waals surface area contributed by atoms with E-state index in [4.69, 9.17) is 11.6 Å². The highest BCUT2D eigenvalue weighted by Crippen LogP contribution is 2.55. The molecule has 0 fully saturated rings. The van der Waals surface area contributed by atoms with Crippen molar-refractivity contribution in [2.75, 3.05) is 0 Å². The first-order valence-electron chi connectivity index (χ1n) is 22.9. The first-order chi connectivity index (χ1) is 31.7. The lowest BCUT2D eigenvalue weighted by Gasteiger charge is -2.24. The molecule has 0 atom stereocenters. The summed E-state index contributed by atoms with van der Waals surface area (Å²) in [5.41, 5.74) is 20.7. The van der Waals surface area contributed by atoms with Crippen molar-refractivity contribution in [3.05, 3.63) is 227 Å². The third-order valence-corrected chi connectivity index (χ3v) is 15.4. The summed E-state index contributed by atoms with van der Waals surface area (Å²) in [5, 5.41) is 10.7. The van der Waals surface area contributed by atoms with Crippen LogP contribution in [0.3, 0.4) is 0 Å². The normalized spacial score (nSPS) is 14.2. The van der Waals surface area contributed by atoms with Crippen LogP contribution in [0.15, 0.2) is 200 Å². The Morgan fingerprint density at radius 1 is 0.262 bits per heavy atom. The van der Waals surface area contributed by atoms with Gasteiger partial charge in [-0.1, -0.05) is 209 Å². The van der Waals surface area contributed by atoms with Crippen LogP contribution in [0.4, 0.5) is 0 Å². The third kappa shape index (κ3) is 5.45. The lowest BCUT2D eigenvalue weighted by atomic mass is 9.79. The molecule has 0 heterocycles. The van der Waals surface area contributed by atoms with E-state index in [9.17, 15) is 0 Å². The van der Waals surface area contributed by atoms with Crippen LogP contribution in [0, 0.1) is 0 Å². The first-order valence-corrected chi connectivity index (χ1v) is 23.2. The van der Waals surface area contributed by atoms with E-state index < -0.39 is 0 Å². The molecule has 0 unspecified atom stereocenters. The maximum atomic E-state index is 6.43. The monoisotopic (exact) mass is 848 g/mol. The van der Waals surface area contributed by atoms with Crippen molar-refractivity contribution in [2.45, 2.75) is 38.5 Å². The topological polar surface area (TPSA) is 0 Å². The van der Waals surface area contributed by atoms with Gasteiger partial charge in [-0.25, -0.2) is 0 Å². The van der Waals surface area contributed by atoms with Crippen LogP contribution in [0.2, 0.25) is 5.02 Å². The van der Waals surface area contributed by atoms with Gasteiger partial charge in [0.05, 0.1) is 0 Å². The SMILES string of the molecule is CC1(C)c2ccccc2-c2ccc(-c3ccc4c(c3)C(C)(C)c3cc(-c5c6ccccc6c(-c6c7ccccc7c(-c7ccc(Cl)cc7)c7ccccc67)c6ccccc56)ccc3-4)cc21. The van der Waals surface area contributed by atoms with Gasteiger partial charge < -0.3 is 0 Å². The summed E-state index contributed by atoms with van der Waals surface area (Å²) in [4.78, 5) is 0. The molecule has 2 aliphatic carbocycles. The van der Waals surface area contributed by atoms with Crippen LogP contribution < -0.4 is 0 Å². The zero-order valence-corrected chi connectivity index (χ0v) is 37.7. The Kier molecular flexibility index (Phi) is 8.16. The molecule has 11 aromatic rings. The molecule has 65 heavy (non-hydrogen) atoms. The molecule has 2 aliphatic rings. The van der Waals surface area contributed by atoms with Gasteiger partial charge in [0, 0.05) is 15.9 Å². The Bertz CT molecular complexity index is 3710. The van der Waals surface area contributed by atoms with Crippen molar-refractivity contribution < 1.29 is 0 Å². The zero-order valence-electron chi connectivity index (χ0n) is 36.9. The number of fused-ring (bicyclic) bond motifs is 10. The van der Waals surface area contributed by atoms with E-state index in [0.29, 0.717) is 0 Å². The molecule has 0 saturated heterocycles. The lowest BCUT2D eigenvalue weighted by molar-refractivity contribution is 0.659. The van der Waals surface area contributed by atoms with Crippen LogP contribution in [-0.2, 0) is 10.8 Å². The summed E-state index contributed by atoms with van der Waals surface area (Å²) in [6.45, 7) is 9.56. The predicted molar refractivity (Wildman–Crippen MR) is 278 cm³/mol. The average Bonchev–Trinajstić information content (AvgIpc) is 3.71. The van der Waals surface area contributed by atoms with Crippen LogP contribution in [0.1, 0.15) is 49.9 Å². The van der Waals surface area contributed by atoms with Crippen molar-refractivity contribution in [1.29, 1.82) is 0 Å². The second-order valence-corrected chi connectivity index (χ2v) is 19.7. The highest BCUT2D eigenvalue weighted by atomic mass is 35.5. The van der Waals surface area contributed by atoms with Crippen molar-refractivity contribution in [1.82, 2.24) is 0 Å². The molecular formula is C64H45Cl. The van der Waals surface area contributed by atoms with Crippen molar-refractivity contribution >= 4 is 54.7 Å². The van der Waals surface area contributed by atoms with Crippen molar-refractivity contribution in [3.8, 4) is 66.8 Å². The van der Waals surface area contributed by atoms with Gasteiger partial charge in [-0.05, 0) is 162 Å². The minimum Gasteiger partial charge on any atom is -0.0843 e. The van der Waals surface area contributed by atoms with Crippen LogP contribution in [-0.4, -0.2) is 0 Å². The van der Waals surface area contributed by atoms with Gasteiger partial charge in [0.15, 0.2) is 0 Å². The van der Waals surface area contributed by atoms with E-state index in [1.807, 2.05) is 12.1 Å². The Balaban J connectivity index is 0.983. The highest BCUT2D eigenvalue weighted by Gasteiger charge is 2.38. The molecule has 1 heteroatoms. The lowest BCUT2D eigenvalue weighted by Crippen LogP contribution is -2.15. The molecular weight excluding hydrogens is 804 g/mol. The van der Waals surface area contributed by atoms with E-state index in [1.54, 1.807) is 0 Å². The molecule has 308 valence electrons. The quantitative estimate of drug-likeness (QED) is 0.155. The molecule has 0 amide bonds. The van der Waals surface area contributed by atoms with Crippen molar-refractivity contribution in [2.24, 2.45) is 0 Å². The zero-order chi connectivity index (χ0) is 43.8. The fourth-order valence-electron chi connectivity index (χ4n) is 12.0. The highest BCUT2D eigenvalue weighted by molar-refractivity contribution is 6.31. The van der Waals surface area contributed by atoms with Gasteiger partial charge in [-0.15, -0.1) is 0 Å². The Hall–Kier alpha value is -7.25. The molecule has 0 N–H and O–H groups in total. The van der Waals surface area contributed by atoms with E-state index in [0.717, 1.165) is 10.6 Å². The number of hydrogen-bond acceptors (Lipinski definition) is 0. The van der Waals surface area contributed by atoms with Gasteiger partial charge in [0.1, 0.15) is 0 Å². The maximum absolute atomic E-state index is 6.43. The molecule has 0 radical (unpaired) electrons.